The van der Waals surface area contributed by atoms with Crippen molar-refractivity contribution >= 4 is 26.6 Å². The molecule has 0 aliphatic rings. The summed E-state index contributed by atoms with van der Waals surface area (Å²) in [4.78, 5) is 0.201. The van der Waals surface area contributed by atoms with E-state index in [1.54, 1.807) is 37.6 Å². The van der Waals surface area contributed by atoms with E-state index in [4.69, 9.17) is 4.74 Å². The lowest BCUT2D eigenvalue weighted by Crippen LogP contribution is -2.13. The van der Waals surface area contributed by atoms with Crippen LogP contribution in [0.5, 0.6) is 5.75 Å². The zero-order valence-electron chi connectivity index (χ0n) is 12.8. The van der Waals surface area contributed by atoms with E-state index in [1.165, 1.54) is 6.07 Å². The average Bonchev–Trinajstić information content (AvgIpc) is 3.03. The molecule has 0 saturated heterocycles. The second kappa shape index (κ2) is 5.92. The Hall–Kier alpha value is -2.54. The minimum Gasteiger partial charge on any atom is -0.496 e. The van der Waals surface area contributed by atoms with E-state index in [9.17, 15) is 8.42 Å². The van der Waals surface area contributed by atoms with Crippen molar-refractivity contribution in [2.24, 2.45) is 0 Å². The highest BCUT2D eigenvalue weighted by atomic mass is 32.2. The summed E-state index contributed by atoms with van der Waals surface area (Å²) in [5.74, 6) is 0.683. The van der Waals surface area contributed by atoms with Gasteiger partial charge in [-0.2, -0.15) is 5.10 Å². The third-order valence-corrected chi connectivity index (χ3v) is 5.03. The molecule has 0 atom stereocenters. The fraction of sp³-hybridized carbons (Fsp3) is 0.188. The summed E-state index contributed by atoms with van der Waals surface area (Å²) in [6.45, 7) is 1.95. The third kappa shape index (κ3) is 2.87. The molecule has 1 heterocycles. The summed E-state index contributed by atoms with van der Waals surface area (Å²) < 4.78 is 33.2. The second-order valence-corrected chi connectivity index (χ2v) is 6.75. The van der Waals surface area contributed by atoms with Crippen LogP contribution in [0.1, 0.15) is 12.5 Å². The molecule has 6 nitrogen and oxygen atoms in total. The number of rotatable bonds is 5. The Kier molecular flexibility index (Phi) is 3.96. The molecule has 0 aliphatic heterocycles. The summed E-state index contributed by atoms with van der Waals surface area (Å²) in [6.07, 6.45) is 2.33. The van der Waals surface area contributed by atoms with Crippen LogP contribution in [0.4, 0.5) is 5.69 Å². The number of hydrogen-bond donors (Lipinski definition) is 2. The Bertz CT molecular complexity index is 948. The van der Waals surface area contributed by atoms with Crippen LogP contribution in [0.2, 0.25) is 0 Å². The molecule has 1 aromatic heterocycles. The number of aromatic nitrogens is 2. The average molecular weight is 331 g/mol. The number of nitrogens with one attached hydrogen (secondary N) is 2. The lowest BCUT2D eigenvalue weighted by atomic mass is 10.1. The second-order valence-electron chi connectivity index (χ2n) is 5.07. The first-order chi connectivity index (χ1) is 11.0. The van der Waals surface area contributed by atoms with Gasteiger partial charge in [-0.25, -0.2) is 8.42 Å². The number of nitrogens with zero attached hydrogens (tertiary/aromatic N) is 1. The molecule has 0 unspecified atom stereocenters. The quantitative estimate of drug-likeness (QED) is 0.753. The fourth-order valence-corrected chi connectivity index (χ4v) is 3.58. The maximum Gasteiger partial charge on any atom is 0.261 e. The zero-order chi connectivity index (χ0) is 16.4. The van der Waals surface area contributed by atoms with Crippen molar-refractivity contribution in [2.45, 2.75) is 18.2 Å². The van der Waals surface area contributed by atoms with Gasteiger partial charge in [-0.05, 0) is 36.2 Å². The number of methoxy groups -OCH3 is 1. The number of ether oxygens (including phenoxy) is 1. The van der Waals surface area contributed by atoms with Crippen molar-refractivity contribution in [3.05, 3.63) is 48.2 Å². The Labute approximate surface area is 134 Å². The third-order valence-electron chi connectivity index (χ3n) is 3.66. The summed E-state index contributed by atoms with van der Waals surface area (Å²) >= 11 is 0. The van der Waals surface area contributed by atoms with E-state index < -0.39 is 10.0 Å². The normalized spacial score (nSPS) is 11.6. The SMILES string of the molecule is CCc1cc(S(=O)(=O)Nc2cccc3cn[nH]c23)ccc1OC. The number of para-hydroxylation sites is 1. The number of hydrogen-bond acceptors (Lipinski definition) is 4. The van der Waals surface area contributed by atoms with Crippen LogP contribution in [0.3, 0.4) is 0 Å². The van der Waals surface area contributed by atoms with Gasteiger partial charge in [0.05, 0.1) is 29.4 Å². The number of benzene rings is 2. The molecule has 0 spiro atoms. The fourth-order valence-electron chi connectivity index (χ4n) is 2.46. The summed E-state index contributed by atoms with van der Waals surface area (Å²) in [7, 11) is -2.12. The van der Waals surface area contributed by atoms with Gasteiger partial charge in [0, 0.05) is 5.39 Å². The number of aryl methyl sites for hydroxylation is 1. The molecule has 2 N–H and O–H groups in total. The molecule has 3 aromatic rings. The van der Waals surface area contributed by atoms with E-state index in [2.05, 4.69) is 14.9 Å². The predicted octanol–water partition coefficient (Wildman–Crippen LogP) is 2.93. The van der Waals surface area contributed by atoms with Crippen molar-refractivity contribution in [1.29, 1.82) is 0 Å². The van der Waals surface area contributed by atoms with E-state index in [-0.39, 0.29) is 4.90 Å². The van der Waals surface area contributed by atoms with Gasteiger partial charge in [-0.15, -0.1) is 0 Å². The van der Waals surface area contributed by atoms with Crippen LogP contribution in [0, 0.1) is 0 Å². The maximum atomic E-state index is 12.6. The minimum absolute atomic E-state index is 0.201. The first kappa shape index (κ1) is 15.4. The van der Waals surface area contributed by atoms with Gasteiger partial charge in [-0.1, -0.05) is 19.1 Å². The van der Waals surface area contributed by atoms with Crippen LogP contribution in [-0.4, -0.2) is 25.7 Å². The van der Waals surface area contributed by atoms with E-state index in [0.717, 1.165) is 10.9 Å². The standard InChI is InChI=1S/C16H17N3O3S/c1-3-11-9-13(7-8-15(11)22-2)23(20,21)19-14-6-4-5-12-10-17-18-16(12)14/h4-10,19H,3H2,1-2H3,(H,17,18). The van der Waals surface area contributed by atoms with Crippen LogP contribution in [0.15, 0.2) is 47.5 Å². The van der Waals surface area contributed by atoms with Crippen molar-refractivity contribution in [1.82, 2.24) is 10.2 Å². The van der Waals surface area contributed by atoms with Crippen LogP contribution >= 0.6 is 0 Å². The first-order valence-electron chi connectivity index (χ1n) is 7.17. The Balaban J connectivity index is 2.00. The summed E-state index contributed by atoms with van der Waals surface area (Å²) in [6, 6.07) is 10.2. The molecule has 7 heteroatoms. The number of H-pyrrole nitrogens is 1. The first-order valence-corrected chi connectivity index (χ1v) is 8.65. The maximum absolute atomic E-state index is 12.6. The number of aromatic amines is 1. The number of fused-ring (bicyclic) bond motifs is 1. The summed E-state index contributed by atoms with van der Waals surface area (Å²) in [5, 5.41) is 7.59. The smallest absolute Gasteiger partial charge is 0.261 e. The van der Waals surface area contributed by atoms with Gasteiger partial charge >= 0.3 is 0 Å². The highest BCUT2D eigenvalue weighted by molar-refractivity contribution is 7.92. The van der Waals surface area contributed by atoms with Crippen molar-refractivity contribution < 1.29 is 13.2 Å². The van der Waals surface area contributed by atoms with Crippen LogP contribution < -0.4 is 9.46 Å². The van der Waals surface area contributed by atoms with Gasteiger partial charge in [-0.3, -0.25) is 9.82 Å². The highest BCUT2D eigenvalue weighted by Gasteiger charge is 2.17. The number of sulfonamides is 1. The van der Waals surface area contributed by atoms with Crippen molar-refractivity contribution in [3.63, 3.8) is 0 Å². The summed E-state index contributed by atoms with van der Waals surface area (Å²) in [5.41, 5.74) is 1.96. The molecule has 3 rings (SSSR count). The molecule has 0 aliphatic carbocycles. The molecule has 2 aromatic carbocycles. The highest BCUT2D eigenvalue weighted by Crippen LogP contribution is 2.26. The lowest BCUT2D eigenvalue weighted by molar-refractivity contribution is 0.409. The zero-order valence-corrected chi connectivity index (χ0v) is 13.6. The van der Waals surface area contributed by atoms with Crippen molar-refractivity contribution in [3.8, 4) is 5.75 Å². The largest absolute Gasteiger partial charge is 0.496 e. The predicted molar refractivity (Wildman–Crippen MR) is 89.3 cm³/mol. The van der Waals surface area contributed by atoms with Gasteiger partial charge in [0.15, 0.2) is 0 Å². The molecular weight excluding hydrogens is 314 g/mol. The van der Waals surface area contributed by atoms with Crippen LogP contribution in [0.25, 0.3) is 10.9 Å². The molecule has 120 valence electrons. The molecule has 0 saturated carbocycles. The van der Waals surface area contributed by atoms with E-state index in [0.29, 0.717) is 23.4 Å². The van der Waals surface area contributed by atoms with Gasteiger partial charge in [0.2, 0.25) is 0 Å². The Morgan fingerprint density at radius 2 is 2.09 bits per heavy atom. The Morgan fingerprint density at radius 3 is 2.83 bits per heavy atom. The molecule has 0 radical (unpaired) electrons. The molecular formula is C16H17N3O3S. The topological polar surface area (TPSA) is 84.1 Å². The molecule has 0 bridgehead atoms. The monoisotopic (exact) mass is 331 g/mol. The van der Waals surface area contributed by atoms with Gasteiger partial charge < -0.3 is 4.74 Å². The van der Waals surface area contributed by atoms with Gasteiger partial charge in [0.1, 0.15) is 5.75 Å². The molecule has 23 heavy (non-hydrogen) atoms. The van der Waals surface area contributed by atoms with E-state index >= 15 is 0 Å². The lowest BCUT2D eigenvalue weighted by Gasteiger charge is -2.12. The van der Waals surface area contributed by atoms with Gasteiger partial charge in [0.25, 0.3) is 10.0 Å². The van der Waals surface area contributed by atoms with Crippen molar-refractivity contribution in [2.75, 3.05) is 11.8 Å². The molecule has 0 amide bonds. The minimum atomic E-state index is -3.69. The van der Waals surface area contributed by atoms with E-state index in [1.807, 2.05) is 13.0 Å². The Morgan fingerprint density at radius 1 is 1.26 bits per heavy atom. The molecule has 0 fully saturated rings. The number of anilines is 1. The van der Waals surface area contributed by atoms with Crippen LogP contribution in [-0.2, 0) is 16.4 Å².